The fraction of sp³-hybridized carbons (Fsp3) is 0. The number of fused-ring (bicyclic) bond motifs is 1. The number of phenols is 1. The van der Waals surface area contributed by atoms with E-state index < -0.39 is 0 Å². The summed E-state index contributed by atoms with van der Waals surface area (Å²) in [6, 6.07) is 13.7. The van der Waals surface area contributed by atoms with Crippen molar-refractivity contribution in [2.75, 3.05) is 0 Å². The molecule has 0 aliphatic heterocycles. The molecule has 2 N–H and O–H groups in total. The van der Waals surface area contributed by atoms with E-state index in [1.807, 2.05) is 6.07 Å². The number of rotatable bonds is 2. The number of nitrogens with zero attached hydrogens (tertiary/aromatic N) is 2. The molecule has 0 saturated carbocycles. The smallest absolute Gasteiger partial charge is 0.259 e. The largest absolute Gasteiger partial charge is 0.508 e. The molecule has 0 bridgehead atoms. The van der Waals surface area contributed by atoms with Crippen molar-refractivity contribution in [3.05, 3.63) is 68.7 Å². The Balaban J connectivity index is 2.16. The van der Waals surface area contributed by atoms with E-state index in [1.165, 1.54) is 12.1 Å². The molecule has 0 spiro atoms. The lowest BCUT2D eigenvalue weighted by molar-refractivity contribution is 0.475. The van der Waals surface area contributed by atoms with Gasteiger partial charge in [-0.1, -0.05) is 28.1 Å². The Hall–Kier alpha value is -2.91. The molecule has 0 fully saturated rings. The van der Waals surface area contributed by atoms with Gasteiger partial charge in [0.25, 0.3) is 5.56 Å². The standard InChI is InChI=1S/C17H10BrN3O2/c18-12-4-5-15-14(8-12)17(23)21-16(20-15)11(9-19)6-10-2-1-3-13(22)7-10/h1-8,22H,(H,20,21,23). The van der Waals surface area contributed by atoms with Gasteiger partial charge in [-0.25, -0.2) is 4.98 Å². The van der Waals surface area contributed by atoms with Gasteiger partial charge in [-0.15, -0.1) is 0 Å². The minimum atomic E-state index is -0.316. The van der Waals surface area contributed by atoms with Crippen LogP contribution in [0.5, 0.6) is 5.75 Å². The molecule has 0 unspecified atom stereocenters. The summed E-state index contributed by atoms with van der Waals surface area (Å²) in [6.45, 7) is 0. The van der Waals surface area contributed by atoms with Crippen molar-refractivity contribution in [2.24, 2.45) is 0 Å². The van der Waals surface area contributed by atoms with Crippen LogP contribution in [0.4, 0.5) is 0 Å². The Morgan fingerprint density at radius 2 is 2.13 bits per heavy atom. The summed E-state index contributed by atoms with van der Waals surface area (Å²) < 4.78 is 0.779. The molecular formula is C17H10BrN3O2. The lowest BCUT2D eigenvalue weighted by atomic mass is 10.1. The van der Waals surface area contributed by atoms with Gasteiger partial charge in [-0.05, 0) is 42.0 Å². The normalized spacial score (nSPS) is 11.4. The highest BCUT2D eigenvalue weighted by molar-refractivity contribution is 9.10. The van der Waals surface area contributed by atoms with Crippen LogP contribution in [0.3, 0.4) is 0 Å². The minimum absolute atomic E-state index is 0.0980. The number of aromatic hydroxyl groups is 1. The summed E-state index contributed by atoms with van der Waals surface area (Å²) in [5, 5.41) is 19.3. The average Bonchev–Trinajstić information content (AvgIpc) is 2.53. The highest BCUT2D eigenvalue weighted by Gasteiger charge is 2.09. The Bertz CT molecular complexity index is 1030. The van der Waals surface area contributed by atoms with Gasteiger partial charge in [-0.2, -0.15) is 5.26 Å². The number of benzene rings is 2. The zero-order chi connectivity index (χ0) is 16.4. The maximum absolute atomic E-state index is 12.2. The zero-order valence-corrected chi connectivity index (χ0v) is 13.3. The number of halogens is 1. The third-order valence-corrected chi connectivity index (χ3v) is 3.72. The first-order valence-corrected chi connectivity index (χ1v) is 7.47. The first kappa shape index (κ1) is 15.0. The molecule has 5 nitrogen and oxygen atoms in total. The highest BCUT2D eigenvalue weighted by Crippen LogP contribution is 2.20. The second kappa shape index (κ2) is 6.07. The predicted molar refractivity (Wildman–Crippen MR) is 91.7 cm³/mol. The molecule has 0 radical (unpaired) electrons. The van der Waals surface area contributed by atoms with Crippen LogP contribution in [0, 0.1) is 11.3 Å². The van der Waals surface area contributed by atoms with E-state index in [1.54, 1.807) is 36.4 Å². The summed E-state index contributed by atoms with van der Waals surface area (Å²) in [5.74, 6) is 0.288. The molecule has 0 aliphatic carbocycles. The summed E-state index contributed by atoms with van der Waals surface area (Å²) in [6.07, 6.45) is 1.56. The Kier molecular flexibility index (Phi) is 3.96. The molecule has 0 amide bonds. The van der Waals surface area contributed by atoms with Crippen LogP contribution in [0.25, 0.3) is 22.6 Å². The van der Waals surface area contributed by atoms with Gasteiger partial charge in [0.15, 0.2) is 5.82 Å². The predicted octanol–water partition coefficient (Wildman–Crippen LogP) is 3.46. The van der Waals surface area contributed by atoms with E-state index >= 15 is 0 Å². The SMILES string of the molecule is N#CC(=Cc1cccc(O)c1)c1nc2ccc(Br)cc2c(=O)[nH]1. The highest BCUT2D eigenvalue weighted by atomic mass is 79.9. The third kappa shape index (κ3) is 3.15. The molecule has 0 aliphatic rings. The number of hydrogen-bond donors (Lipinski definition) is 2. The molecule has 23 heavy (non-hydrogen) atoms. The van der Waals surface area contributed by atoms with Crippen molar-refractivity contribution in [3.63, 3.8) is 0 Å². The Morgan fingerprint density at radius 1 is 1.30 bits per heavy atom. The first-order valence-electron chi connectivity index (χ1n) is 6.67. The van der Waals surface area contributed by atoms with Crippen LogP contribution in [0.2, 0.25) is 0 Å². The monoisotopic (exact) mass is 367 g/mol. The van der Waals surface area contributed by atoms with Gasteiger partial charge in [0.2, 0.25) is 0 Å². The zero-order valence-electron chi connectivity index (χ0n) is 11.7. The van der Waals surface area contributed by atoms with Crippen LogP contribution in [-0.4, -0.2) is 15.1 Å². The lowest BCUT2D eigenvalue weighted by Gasteiger charge is -2.03. The summed E-state index contributed by atoms with van der Waals surface area (Å²) in [4.78, 5) is 19.1. The molecule has 3 rings (SSSR count). The van der Waals surface area contributed by atoms with E-state index in [-0.39, 0.29) is 22.7 Å². The average molecular weight is 368 g/mol. The molecule has 112 valence electrons. The van der Waals surface area contributed by atoms with Crippen molar-refractivity contribution < 1.29 is 5.11 Å². The van der Waals surface area contributed by atoms with Crippen molar-refractivity contribution in [2.45, 2.75) is 0 Å². The third-order valence-electron chi connectivity index (χ3n) is 3.22. The fourth-order valence-corrected chi connectivity index (χ4v) is 2.53. The summed E-state index contributed by atoms with van der Waals surface area (Å²) in [5.41, 5.74) is 1.03. The number of H-pyrrole nitrogens is 1. The van der Waals surface area contributed by atoms with Crippen molar-refractivity contribution >= 4 is 38.5 Å². The van der Waals surface area contributed by atoms with Crippen LogP contribution in [-0.2, 0) is 0 Å². The van der Waals surface area contributed by atoms with E-state index in [9.17, 15) is 15.2 Å². The molecule has 0 saturated heterocycles. The molecule has 1 heterocycles. The van der Waals surface area contributed by atoms with Crippen molar-refractivity contribution in [3.8, 4) is 11.8 Å². The minimum Gasteiger partial charge on any atom is -0.508 e. The van der Waals surface area contributed by atoms with E-state index in [4.69, 9.17) is 0 Å². The van der Waals surface area contributed by atoms with Crippen molar-refractivity contribution in [1.82, 2.24) is 9.97 Å². The molecule has 1 aromatic heterocycles. The van der Waals surface area contributed by atoms with Crippen LogP contribution in [0.15, 0.2) is 51.7 Å². The maximum atomic E-state index is 12.2. The quantitative estimate of drug-likeness (QED) is 0.678. The number of hydrogen-bond acceptors (Lipinski definition) is 4. The number of aromatic amines is 1. The number of phenolic OH excluding ortho intramolecular Hbond substituents is 1. The maximum Gasteiger partial charge on any atom is 0.259 e. The molecule has 3 aromatic rings. The van der Waals surface area contributed by atoms with Crippen LogP contribution >= 0.6 is 15.9 Å². The van der Waals surface area contributed by atoms with Crippen LogP contribution in [0.1, 0.15) is 11.4 Å². The summed E-state index contributed by atoms with van der Waals surface area (Å²) in [7, 11) is 0. The van der Waals surface area contributed by atoms with Gasteiger partial charge < -0.3 is 10.1 Å². The summed E-state index contributed by atoms with van der Waals surface area (Å²) >= 11 is 3.31. The Morgan fingerprint density at radius 3 is 2.87 bits per heavy atom. The first-order chi connectivity index (χ1) is 11.1. The molecule has 0 atom stereocenters. The number of allylic oxidation sites excluding steroid dienone is 1. The number of nitriles is 1. The lowest BCUT2D eigenvalue weighted by Crippen LogP contribution is -2.11. The number of aromatic nitrogens is 2. The fourth-order valence-electron chi connectivity index (χ4n) is 2.17. The van der Waals surface area contributed by atoms with Crippen molar-refractivity contribution in [1.29, 1.82) is 5.26 Å². The molecule has 6 heteroatoms. The van der Waals surface area contributed by atoms with E-state index in [0.29, 0.717) is 16.5 Å². The Labute approximate surface area is 139 Å². The van der Waals surface area contributed by atoms with Gasteiger partial charge in [-0.3, -0.25) is 4.79 Å². The topological polar surface area (TPSA) is 89.8 Å². The second-order valence-electron chi connectivity index (χ2n) is 4.84. The molecule has 2 aromatic carbocycles. The van der Waals surface area contributed by atoms with Gasteiger partial charge in [0.05, 0.1) is 16.5 Å². The molecular weight excluding hydrogens is 358 g/mol. The second-order valence-corrected chi connectivity index (χ2v) is 5.76. The van der Waals surface area contributed by atoms with Gasteiger partial charge >= 0.3 is 0 Å². The van der Waals surface area contributed by atoms with Gasteiger partial charge in [0, 0.05) is 4.47 Å². The number of nitrogens with one attached hydrogen (secondary N) is 1. The van der Waals surface area contributed by atoms with E-state index in [0.717, 1.165) is 4.47 Å². The van der Waals surface area contributed by atoms with Crippen LogP contribution < -0.4 is 5.56 Å². The van der Waals surface area contributed by atoms with E-state index in [2.05, 4.69) is 25.9 Å². The van der Waals surface area contributed by atoms with Gasteiger partial charge in [0.1, 0.15) is 11.8 Å².